The predicted octanol–water partition coefficient (Wildman–Crippen LogP) is 3.67. The van der Waals surface area contributed by atoms with Crippen LogP contribution < -0.4 is 14.8 Å². The van der Waals surface area contributed by atoms with Crippen molar-refractivity contribution < 1.29 is 18.8 Å². The lowest BCUT2D eigenvalue weighted by molar-refractivity contribution is -0.121. The third-order valence-corrected chi connectivity index (χ3v) is 5.87. The van der Waals surface area contributed by atoms with Crippen LogP contribution in [0.5, 0.6) is 11.5 Å². The Hall–Kier alpha value is -3.39. The highest BCUT2D eigenvalue weighted by molar-refractivity contribution is 5.93. The molecule has 0 atom stereocenters. The van der Waals surface area contributed by atoms with Crippen molar-refractivity contribution in [2.75, 3.05) is 31.6 Å². The zero-order chi connectivity index (χ0) is 21.9. The van der Waals surface area contributed by atoms with Crippen molar-refractivity contribution in [1.82, 2.24) is 15.0 Å². The van der Waals surface area contributed by atoms with Gasteiger partial charge in [-0.15, -0.1) is 0 Å². The smallest absolute Gasteiger partial charge is 0.241 e. The number of aromatic nitrogens is 2. The maximum Gasteiger partial charge on any atom is 0.241 e. The van der Waals surface area contributed by atoms with Crippen molar-refractivity contribution >= 4 is 11.6 Å². The lowest BCUT2D eigenvalue weighted by Crippen LogP contribution is -2.37. The maximum absolute atomic E-state index is 12.7. The summed E-state index contributed by atoms with van der Waals surface area (Å²) in [5.74, 6) is 2.62. The van der Waals surface area contributed by atoms with Gasteiger partial charge in [0.1, 0.15) is 13.2 Å². The van der Waals surface area contributed by atoms with Crippen LogP contribution in [0.4, 0.5) is 5.69 Å². The third-order valence-electron chi connectivity index (χ3n) is 5.87. The summed E-state index contributed by atoms with van der Waals surface area (Å²) in [5, 5.41) is 7.14. The van der Waals surface area contributed by atoms with Crippen LogP contribution in [0.15, 0.2) is 47.0 Å². The number of rotatable bonds is 5. The number of nitrogens with one attached hydrogen (secondary N) is 1. The molecule has 1 fully saturated rings. The number of ether oxygens (including phenoxy) is 2. The minimum atomic E-state index is -0.0232. The first-order valence-electron chi connectivity index (χ1n) is 11.0. The van der Waals surface area contributed by atoms with Crippen LogP contribution in [0.3, 0.4) is 0 Å². The zero-order valence-electron chi connectivity index (χ0n) is 18.0. The molecule has 1 saturated heterocycles. The van der Waals surface area contributed by atoms with Crippen molar-refractivity contribution in [1.29, 1.82) is 0 Å². The van der Waals surface area contributed by atoms with E-state index in [9.17, 15) is 4.79 Å². The van der Waals surface area contributed by atoms with Gasteiger partial charge in [0.15, 0.2) is 11.5 Å². The van der Waals surface area contributed by atoms with Crippen LogP contribution >= 0.6 is 0 Å². The summed E-state index contributed by atoms with van der Waals surface area (Å²) < 4.78 is 16.6. The van der Waals surface area contributed by atoms with E-state index in [-0.39, 0.29) is 11.8 Å². The van der Waals surface area contributed by atoms with Crippen LogP contribution in [0, 0.1) is 12.8 Å². The number of likely N-dealkylation sites (tertiary alicyclic amines) is 1. The van der Waals surface area contributed by atoms with Crippen LogP contribution in [-0.2, 0) is 11.3 Å². The first-order valence-corrected chi connectivity index (χ1v) is 11.0. The topological polar surface area (TPSA) is 89.7 Å². The fourth-order valence-electron chi connectivity index (χ4n) is 4.13. The van der Waals surface area contributed by atoms with Crippen molar-refractivity contribution in [2.24, 2.45) is 5.92 Å². The number of carbonyl (C=O) groups excluding carboxylic acids is 1. The quantitative estimate of drug-likeness (QED) is 0.655. The summed E-state index contributed by atoms with van der Waals surface area (Å²) in [7, 11) is 0. The fraction of sp³-hybridized carbons (Fsp3) is 0.375. The molecule has 0 unspecified atom stereocenters. The Kier molecular flexibility index (Phi) is 5.77. The molecule has 0 saturated carbocycles. The van der Waals surface area contributed by atoms with Crippen LogP contribution in [-0.4, -0.2) is 47.3 Å². The van der Waals surface area contributed by atoms with Gasteiger partial charge in [-0.3, -0.25) is 9.69 Å². The molecular weight excluding hydrogens is 408 g/mol. The Morgan fingerprint density at radius 3 is 2.72 bits per heavy atom. The second-order valence-electron chi connectivity index (χ2n) is 8.28. The molecule has 2 aliphatic heterocycles. The molecule has 166 valence electrons. The van der Waals surface area contributed by atoms with Gasteiger partial charge in [-0.1, -0.05) is 28.9 Å². The number of fused-ring (bicyclic) bond motifs is 1. The average molecular weight is 434 g/mol. The van der Waals surface area contributed by atoms with Gasteiger partial charge in [-0.25, -0.2) is 0 Å². The van der Waals surface area contributed by atoms with Gasteiger partial charge < -0.3 is 19.3 Å². The Morgan fingerprint density at radius 1 is 1.09 bits per heavy atom. The second kappa shape index (κ2) is 9.00. The van der Waals surface area contributed by atoms with Gasteiger partial charge in [0, 0.05) is 23.2 Å². The van der Waals surface area contributed by atoms with Crippen molar-refractivity contribution in [3.8, 4) is 22.9 Å². The van der Waals surface area contributed by atoms with E-state index in [1.54, 1.807) is 0 Å². The Labute approximate surface area is 186 Å². The molecule has 5 rings (SSSR count). The largest absolute Gasteiger partial charge is 0.486 e. The minimum Gasteiger partial charge on any atom is -0.486 e. The van der Waals surface area contributed by atoms with E-state index in [2.05, 4.69) is 20.4 Å². The summed E-state index contributed by atoms with van der Waals surface area (Å²) >= 11 is 0. The summed E-state index contributed by atoms with van der Waals surface area (Å²) in [4.78, 5) is 19.5. The molecule has 8 heteroatoms. The van der Waals surface area contributed by atoms with Gasteiger partial charge in [-0.2, -0.15) is 4.98 Å². The molecule has 2 aliphatic rings. The first kappa shape index (κ1) is 20.5. The molecular formula is C24H26N4O4. The van der Waals surface area contributed by atoms with E-state index in [0.29, 0.717) is 43.0 Å². The van der Waals surface area contributed by atoms with E-state index in [4.69, 9.17) is 14.0 Å². The highest BCUT2D eigenvalue weighted by atomic mass is 16.6. The van der Waals surface area contributed by atoms with Gasteiger partial charge in [-0.05, 0) is 51.1 Å². The predicted molar refractivity (Wildman–Crippen MR) is 119 cm³/mol. The number of hydrogen-bond donors (Lipinski definition) is 1. The standard InChI is InChI=1S/C24H26N4O4/c1-16-3-2-4-18(13-16)23-26-22(32-27-23)15-28-9-7-17(8-10-28)24(29)25-19-5-6-20-21(14-19)31-12-11-30-20/h2-6,13-14,17H,7-12,15H2,1H3,(H,25,29). The first-order chi connectivity index (χ1) is 15.6. The van der Waals surface area contributed by atoms with E-state index in [1.165, 1.54) is 0 Å². The molecule has 32 heavy (non-hydrogen) atoms. The fourth-order valence-corrected chi connectivity index (χ4v) is 4.13. The third kappa shape index (κ3) is 4.60. The number of hydrogen-bond acceptors (Lipinski definition) is 7. The number of benzene rings is 2. The molecule has 3 aromatic rings. The number of anilines is 1. The molecule has 1 amide bonds. The van der Waals surface area contributed by atoms with E-state index in [0.717, 1.165) is 42.7 Å². The van der Waals surface area contributed by atoms with Crippen molar-refractivity contribution in [3.05, 3.63) is 53.9 Å². The normalized spacial score (nSPS) is 16.7. The Morgan fingerprint density at radius 2 is 1.91 bits per heavy atom. The zero-order valence-corrected chi connectivity index (χ0v) is 18.0. The Balaban J connectivity index is 1.13. The van der Waals surface area contributed by atoms with Crippen LogP contribution in [0.1, 0.15) is 24.3 Å². The second-order valence-corrected chi connectivity index (χ2v) is 8.28. The molecule has 0 bridgehead atoms. The molecule has 0 radical (unpaired) electrons. The van der Waals surface area contributed by atoms with Crippen molar-refractivity contribution in [3.63, 3.8) is 0 Å². The van der Waals surface area contributed by atoms with E-state index >= 15 is 0 Å². The van der Waals surface area contributed by atoms with Crippen LogP contribution in [0.25, 0.3) is 11.4 Å². The van der Waals surface area contributed by atoms with Gasteiger partial charge >= 0.3 is 0 Å². The van der Waals surface area contributed by atoms with Crippen LogP contribution in [0.2, 0.25) is 0 Å². The number of aryl methyl sites for hydroxylation is 1. The van der Waals surface area contributed by atoms with Crippen molar-refractivity contribution in [2.45, 2.75) is 26.3 Å². The minimum absolute atomic E-state index is 0.0232. The highest BCUT2D eigenvalue weighted by Crippen LogP contribution is 2.33. The number of piperidine rings is 1. The Bertz CT molecular complexity index is 1100. The molecule has 1 aromatic heterocycles. The molecule has 1 N–H and O–H groups in total. The highest BCUT2D eigenvalue weighted by Gasteiger charge is 2.26. The molecule has 0 spiro atoms. The molecule has 3 heterocycles. The summed E-state index contributed by atoms with van der Waals surface area (Å²) in [6, 6.07) is 13.6. The molecule has 8 nitrogen and oxygen atoms in total. The summed E-state index contributed by atoms with van der Waals surface area (Å²) in [5.41, 5.74) is 2.84. The van der Waals surface area contributed by atoms with Gasteiger partial charge in [0.2, 0.25) is 17.6 Å². The lowest BCUT2D eigenvalue weighted by Gasteiger charge is -2.30. The SMILES string of the molecule is Cc1cccc(-c2noc(CN3CCC(C(=O)Nc4ccc5c(c4)OCCO5)CC3)n2)c1. The van der Waals surface area contributed by atoms with Gasteiger partial charge in [0.25, 0.3) is 0 Å². The summed E-state index contributed by atoms with van der Waals surface area (Å²) in [6.07, 6.45) is 1.57. The number of amides is 1. The monoisotopic (exact) mass is 434 g/mol. The maximum atomic E-state index is 12.7. The van der Waals surface area contributed by atoms with E-state index < -0.39 is 0 Å². The lowest BCUT2D eigenvalue weighted by atomic mass is 9.96. The van der Waals surface area contributed by atoms with Gasteiger partial charge in [0.05, 0.1) is 6.54 Å². The summed E-state index contributed by atoms with van der Waals surface area (Å²) in [6.45, 7) is 5.32. The average Bonchev–Trinajstić information content (AvgIpc) is 3.28. The number of nitrogens with zero attached hydrogens (tertiary/aromatic N) is 3. The number of carbonyl (C=O) groups is 1. The molecule has 0 aliphatic carbocycles. The molecule has 2 aromatic carbocycles. The van der Waals surface area contributed by atoms with E-state index in [1.807, 2.05) is 49.4 Å².